The zero-order chi connectivity index (χ0) is 6.78. The molecule has 0 aliphatic heterocycles. The molecule has 8 heavy (non-hydrogen) atoms. The van der Waals surface area contributed by atoms with Crippen molar-refractivity contribution in [2.45, 2.75) is 6.18 Å². The molecular formula is C3HClF4. The maximum atomic E-state index is 11.2. The van der Waals surface area contributed by atoms with Crippen LogP contribution in [0.4, 0.5) is 17.6 Å². The summed E-state index contributed by atoms with van der Waals surface area (Å²) in [5.74, 6) is -2.28. The van der Waals surface area contributed by atoms with Crippen LogP contribution in [0.5, 0.6) is 0 Å². The second-order valence-corrected chi connectivity index (χ2v) is 1.17. The normalized spacial score (nSPS) is 14.4. The maximum Gasteiger partial charge on any atom is 0.443 e. The fraction of sp³-hybridized carbons (Fsp3) is 0.333. The van der Waals surface area contributed by atoms with E-state index in [1.54, 1.807) is 0 Å². The van der Waals surface area contributed by atoms with Crippen LogP contribution in [-0.2, 0) is 0 Å². The van der Waals surface area contributed by atoms with Gasteiger partial charge in [0.25, 0.3) is 0 Å². The van der Waals surface area contributed by atoms with Gasteiger partial charge in [0.15, 0.2) is 0 Å². The molecular weight excluding hydrogens is 147 g/mol. The molecule has 0 bridgehead atoms. The van der Waals surface area contributed by atoms with Gasteiger partial charge in [-0.05, 0) is 0 Å². The van der Waals surface area contributed by atoms with Gasteiger partial charge in [-0.15, -0.1) is 0 Å². The van der Waals surface area contributed by atoms with Gasteiger partial charge < -0.3 is 0 Å². The molecule has 0 saturated heterocycles. The van der Waals surface area contributed by atoms with Crippen LogP contribution in [0.2, 0.25) is 0 Å². The van der Waals surface area contributed by atoms with Crippen molar-refractivity contribution in [1.29, 1.82) is 0 Å². The van der Waals surface area contributed by atoms with Gasteiger partial charge in [0.1, 0.15) is 0 Å². The van der Waals surface area contributed by atoms with Crippen molar-refractivity contribution >= 4 is 11.6 Å². The second kappa shape index (κ2) is 2.35. The van der Waals surface area contributed by atoms with Crippen molar-refractivity contribution in [1.82, 2.24) is 0 Å². The van der Waals surface area contributed by atoms with Gasteiger partial charge >= 0.3 is 6.18 Å². The molecule has 0 aromatic rings. The van der Waals surface area contributed by atoms with Gasteiger partial charge in [-0.2, -0.15) is 13.2 Å². The molecule has 0 aliphatic carbocycles. The van der Waals surface area contributed by atoms with Crippen molar-refractivity contribution in [3.05, 3.63) is 11.4 Å². The molecule has 0 aliphatic rings. The van der Waals surface area contributed by atoms with E-state index in [0.29, 0.717) is 0 Å². The average Bonchev–Trinajstić information content (AvgIpc) is 1.62. The zero-order valence-corrected chi connectivity index (χ0v) is 4.22. The average molecular weight is 148 g/mol. The van der Waals surface area contributed by atoms with E-state index in [9.17, 15) is 17.6 Å². The molecule has 0 saturated carbocycles. The summed E-state index contributed by atoms with van der Waals surface area (Å²) in [5, 5.41) is 0. The predicted octanol–water partition coefficient (Wildman–Crippen LogP) is 2.60. The van der Waals surface area contributed by atoms with Gasteiger partial charge in [-0.1, -0.05) is 11.6 Å². The van der Waals surface area contributed by atoms with E-state index >= 15 is 0 Å². The van der Waals surface area contributed by atoms with Crippen LogP contribution in [0.1, 0.15) is 0 Å². The highest BCUT2D eigenvalue weighted by atomic mass is 35.5. The first-order chi connectivity index (χ1) is 3.48. The molecule has 0 aromatic carbocycles. The van der Waals surface area contributed by atoms with E-state index in [-0.39, 0.29) is 5.54 Å². The fourth-order valence-corrected chi connectivity index (χ4v) is 0.186. The molecule has 0 radical (unpaired) electrons. The Morgan fingerprint density at radius 2 is 1.75 bits per heavy atom. The van der Waals surface area contributed by atoms with Crippen LogP contribution in [0, 0.1) is 0 Å². The first kappa shape index (κ1) is 7.75. The van der Waals surface area contributed by atoms with Gasteiger partial charge in [0.05, 0.1) is 0 Å². The van der Waals surface area contributed by atoms with Crippen molar-refractivity contribution < 1.29 is 17.6 Å². The summed E-state index contributed by atoms with van der Waals surface area (Å²) in [5.41, 5.74) is -0.153. The summed E-state index contributed by atoms with van der Waals surface area (Å²) in [6, 6.07) is 0. The molecule has 0 spiro atoms. The lowest BCUT2D eigenvalue weighted by Crippen LogP contribution is -2.06. The van der Waals surface area contributed by atoms with Crippen LogP contribution in [-0.4, -0.2) is 6.18 Å². The molecule has 0 fully saturated rings. The molecule has 0 atom stereocenters. The third-order valence-electron chi connectivity index (χ3n) is 0.367. The summed E-state index contributed by atoms with van der Waals surface area (Å²) < 4.78 is 44.0. The largest absolute Gasteiger partial charge is 0.443 e. The van der Waals surface area contributed by atoms with Gasteiger partial charge in [-0.25, -0.2) is 4.39 Å². The third kappa shape index (κ3) is 2.16. The second-order valence-electron chi connectivity index (χ2n) is 0.955. The number of hydrogen-bond donors (Lipinski definition) is 0. The van der Waals surface area contributed by atoms with E-state index in [0.717, 1.165) is 0 Å². The Morgan fingerprint density at radius 3 is 1.75 bits per heavy atom. The van der Waals surface area contributed by atoms with E-state index in [4.69, 9.17) is 0 Å². The smallest absolute Gasteiger partial charge is 0.201 e. The first-order valence-corrected chi connectivity index (χ1v) is 1.95. The Labute approximate surface area is 47.7 Å². The first-order valence-electron chi connectivity index (χ1n) is 1.51. The van der Waals surface area contributed by atoms with E-state index in [1.165, 1.54) is 0 Å². The van der Waals surface area contributed by atoms with Crippen molar-refractivity contribution in [2.75, 3.05) is 0 Å². The van der Waals surface area contributed by atoms with E-state index in [1.807, 2.05) is 0 Å². The minimum absolute atomic E-state index is 0.153. The number of rotatable bonds is 0. The minimum Gasteiger partial charge on any atom is -0.201 e. The van der Waals surface area contributed by atoms with E-state index in [2.05, 4.69) is 11.6 Å². The molecule has 0 nitrogen and oxygen atoms in total. The van der Waals surface area contributed by atoms with Crippen LogP contribution < -0.4 is 0 Å². The summed E-state index contributed by atoms with van der Waals surface area (Å²) >= 11 is 4.38. The summed E-state index contributed by atoms with van der Waals surface area (Å²) in [6.45, 7) is 0. The van der Waals surface area contributed by atoms with Crippen molar-refractivity contribution in [2.24, 2.45) is 0 Å². The molecule has 0 heterocycles. The zero-order valence-electron chi connectivity index (χ0n) is 3.47. The molecule has 0 aromatic heterocycles. The highest BCUT2D eigenvalue weighted by Crippen LogP contribution is 2.26. The SMILES string of the molecule is F/C(=C\Cl)C(F)(F)F. The fourth-order valence-electron chi connectivity index (χ4n) is 0.0619. The van der Waals surface area contributed by atoms with Gasteiger partial charge in [-0.3, -0.25) is 0 Å². The molecule has 0 amide bonds. The third-order valence-corrected chi connectivity index (χ3v) is 0.558. The Hall–Kier alpha value is -0.250. The predicted molar refractivity (Wildman–Crippen MR) is 21.1 cm³/mol. The maximum absolute atomic E-state index is 11.2. The number of hydrogen-bond acceptors (Lipinski definition) is 0. The van der Waals surface area contributed by atoms with E-state index < -0.39 is 12.0 Å². The summed E-state index contributed by atoms with van der Waals surface area (Å²) in [6.07, 6.45) is -4.93. The molecule has 0 N–H and O–H groups in total. The monoisotopic (exact) mass is 148 g/mol. The van der Waals surface area contributed by atoms with Crippen LogP contribution in [0.25, 0.3) is 0 Å². The Kier molecular flexibility index (Phi) is 2.27. The number of alkyl halides is 3. The van der Waals surface area contributed by atoms with Crippen molar-refractivity contribution in [3.63, 3.8) is 0 Å². The van der Waals surface area contributed by atoms with Gasteiger partial charge in [0, 0.05) is 5.54 Å². The topological polar surface area (TPSA) is 0 Å². The minimum atomic E-state index is -4.93. The lowest BCUT2D eigenvalue weighted by molar-refractivity contribution is -0.108. The lowest BCUT2D eigenvalue weighted by Gasteiger charge is -1.98. The molecule has 0 unspecified atom stereocenters. The Balaban J connectivity index is 4.03. The Morgan fingerprint density at radius 1 is 1.38 bits per heavy atom. The summed E-state index contributed by atoms with van der Waals surface area (Å²) in [4.78, 5) is 0. The molecule has 5 heteroatoms. The van der Waals surface area contributed by atoms with Crippen molar-refractivity contribution in [3.8, 4) is 0 Å². The highest BCUT2D eigenvalue weighted by Gasteiger charge is 2.33. The lowest BCUT2D eigenvalue weighted by atomic mass is 10.6. The number of halogens is 5. The molecule has 0 rings (SSSR count). The number of allylic oxidation sites excluding steroid dienone is 1. The standard InChI is InChI=1S/C3HClF4/c4-1-2(5)3(6,7)8/h1H/b2-1-. The summed E-state index contributed by atoms with van der Waals surface area (Å²) in [7, 11) is 0. The molecule has 48 valence electrons. The van der Waals surface area contributed by atoms with Crippen LogP contribution in [0.15, 0.2) is 11.4 Å². The van der Waals surface area contributed by atoms with Gasteiger partial charge in [0.2, 0.25) is 5.83 Å². The van der Waals surface area contributed by atoms with Crippen LogP contribution >= 0.6 is 11.6 Å². The van der Waals surface area contributed by atoms with Crippen LogP contribution in [0.3, 0.4) is 0 Å². The Bertz CT molecular complexity index is 102. The highest BCUT2D eigenvalue weighted by molar-refractivity contribution is 6.25. The quantitative estimate of drug-likeness (QED) is 0.463.